The minimum atomic E-state index is -1.41. The van der Waals surface area contributed by atoms with E-state index in [0.29, 0.717) is 5.56 Å². The molecule has 4 amide bonds. The van der Waals surface area contributed by atoms with Gasteiger partial charge in [0.15, 0.2) is 0 Å². The molecule has 9 N–H and O–H groups in total. The maximum absolute atomic E-state index is 12.8. The molecule has 0 unspecified atom stereocenters. The van der Waals surface area contributed by atoms with E-state index in [1.807, 2.05) is 13.8 Å². The van der Waals surface area contributed by atoms with Crippen LogP contribution in [0.25, 0.3) is 0 Å². The van der Waals surface area contributed by atoms with Crippen LogP contribution in [-0.2, 0) is 30.4 Å². The van der Waals surface area contributed by atoms with Gasteiger partial charge in [0.25, 0.3) is 0 Å². The van der Waals surface area contributed by atoms with Crippen molar-refractivity contribution < 1.29 is 34.2 Å². The van der Waals surface area contributed by atoms with Gasteiger partial charge < -0.3 is 37.6 Å². The lowest BCUT2D eigenvalue weighted by molar-refractivity contribution is -0.138. The van der Waals surface area contributed by atoms with Gasteiger partial charge in [-0.25, -0.2) is 0 Å². The van der Waals surface area contributed by atoms with Gasteiger partial charge in [-0.15, -0.1) is 0 Å². The Balaban J connectivity index is 2.88. The van der Waals surface area contributed by atoms with Crippen molar-refractivity contribution in [1.82, 2.24) is 16.0 Å². The van der Waals surface area contributed by atoms with Crippen LogP contribution in [-0.4, -0.2) is 64.5 Å². The molecule has 0 spiro atoms. The Kier molecular flexibility index (Phi) is 10.8. The zero-order valence-corrected chi connectivity index (χ0v) is 18.5. The maximum Gasteiger partial charge on any atom is 0.322 e. The highest BCUT2D eigenvalue weighted by Crippen LogP contribution is 2.11. The number of nitrogens with two attached hydrogens (primary N) is 2. The van der Waals surface area contributed by atoms with Gasteiger partial charge in [0.1, 0.15) is 24.4 Å². The van der Waals surface area contributed by atoms with Crippen LogP contribution in [0.1, 0.15) is 32.3 Å². The third-order valence-corrected chi connectivity index (χ3v) is 4.52. The number of aromatic hydroxyl groups is 1. The van der Waals surface area contributed by atoms with E-state index in [9.17, 15) is 29.1 Å². The van der Waals surface area contributed by atoms with Crippen LogP contribution >= 0.6 is 0 Å². The SMILES string of the molecule is CC(C)C[C@H](NC(=O)[C@H](N)Cc1ccc(O)cc1)C(=O)N[C@@H](CC(N)=O)C(=O)NCC(=O)O. The summed E-state index contributed by atoms with van der Waals surface area (Å²) in [6.45, 7) is 2.94. The summed E-state index contributed by atoms with van der Waals surface area (Å²) in [5.41, 5.74) is 11.8. The Labute approximate surface area is 191 Å². The third kappa shape index (κ3) is 10.5. The van der Waals surface area contributed by atoms with E-state index in [1.54, 1.807) is 12.1 Å². The predicted molar refractivity (Wildman–Crippen MR) is 118 cm³/mol. The average molecular weight is 466 g/mol. The lowest BCUT2D eigenvalue weighted by Crippen LogP contribution is -2.57. The summed E-state index contributed by atoms with van der Waals surface area (Å²) in [6.07, 6.45) is -0.187. The van der Waals surface area contributed by atoms with Gasteiger partial charge in [-0.1, -0.05) is 26.0 Å². The number of hydrogen-bond donors (Lipinski definition) is 7. The second kappa shape index (κ2) is 13.0. The van der Waals surface area contributed by atoms with Crippen LogP contribution in [0, 0.1) is 5.92 Å². The molecule has 0 aliphatic heterocycles. The number of rotatable bonds is 13. The predicted octanol–water partition coefficient (Wildman–Crippen LogP) is -1.65. The highest BCUT2D eigenvalue weighted by atomic mass is 16.4. The number of carbonyl (C=O) groups is 5. The first-order valence-corrected chi connectivity index (χ1v) is 10.3. The minimum absolute atomic E-state index is 0.0233. The van der Waals surface area contributed by atoms with E-state index in [0.717, 1.165) is 0 Å². The molecule has 0 saturated heterocycles. The molecule has 0 aliphatic rings. The summed E-state index contributed by atoms with van der Waals surface area (Å²) in [4.78, 5) is 59.6. The minimum Gasteiger partial charge on any atom is -0.508 e. The van der Waals surface area contributed by atoms with Crippen molar-refractivity contribution >= 4 is 29.6 Å². The number of nitrogens with one attached hydrogen (secondary N) is 3. The molecule has 33 heavy (non-hydrogen) atoms. The fraction of sp³-hybridized carbons (Fsp3) is 0.476. The molecular formula is C21H31N5O7. The van der Waals surface area contributed by atoms with E-state index in [2.05, 4.69) is 16.0 Å². The summed E-state index contributed by atoms with van der Waals surface area (Å²) in [6, 6.07) is 2.69. The smallest absolute Gasteiger partial charge is 0.322 e. The summed E-state index contributed by atoms with van der Waals surface area (Å²) in [7, 11) is 0. The third-order valence-electron chi connectivity index (χ3n) is 4.52. The van der Waals surface area contributed by atoms with E-state index < -0.39 is 60.7 Å². The molecule has 1 aromatic carbocycles. The van der Waals surface area contributed by atoms with Crippen LogP contribution in [0.15, 0.2) is 24.3 Å². The molecule has 3 atom stereocenters. The highest BCUT2D eigenvalue weighted by molar-refractivity contribution is 5.95. The number of benzene rings is 1. The molecule has 0 bridgehead atoms. The van der Waals surface area contributed by atoms with Gasteiger partial charge in [0.2, 0.25) is 23.6 Å². The molecule has 182 valence electrons. The standard InChI is InChI=1S/C21H31N5O7/c1-11(2)7-15(25-19(31)14(22)8-12-3-5-13(27)6-4-12)21(33)26-16(9-17(23)28)20(32)24-10-18(29)30/h3-6,11,14-16,27H,7-10,22H2,1-2H3,(H2,23,28)(H,24,32)(H,25,31)(H,26,33)(H,29,30)/t14-,15+,16+/m1/s1. The molecule has 12 heteroatoms. The average Bonchev–Trinajstić information content (AvgIpc) is 2.71. The number of hydrogen-bond acceptors (Lipinski definition) is 7. The Hall–Kier alpha value is -3.67. The number of primary amides is 1. The van der Waals surface area contributed by atoms with Crippen molar-refractivity contribution in [1.29, 1.82) is 0 Å². The summed E-state index contributed by atoms with van der Waals surface area (Å²) in [5.74, 6) is -4.39. The number of aliphatic carboxylic acids is 1. The Morgan fingerprint density at radius 2 is 1.52 bits per heavy atom. The molecule has 12 nitrogen and oxygen atoms in total. The maximum atomic E-state index is 12.8. The molecule has 0 aromatic heterocycles. The van der Waals surface area contributed by atoms with Gasteiger partial charge in [-0.05, 0) is 36.5 Å². The molecule has 0 radical (unpaired) electrons. The molecule has 0 aliphatic carbocycles. The summed E-state index contributed by atoms with van der Waals surface area (Å²) >= 11 is 0. The van der Waals surface area contributed by atoms with Crippen molar-refractivity contribution in [3.8, 4) is 5.75 Å². The summed E-state index contributed by atoms with van der Waals surface area (Å²) < 4.78 is 0. The monoisotopic (exact) mass is 465 g/mol. The molecule has 0 heterocycles. The number of carboxylic acids is 1. The highest BCUT2D eigenvalue weighted by Gasteiger charge is 2.29. The van der Waals surface area contributed by atoms with Gasteiger partial charge >= 0.3 is 5.97 Å². The van der Waals surface area contributed by atoms with Gasteiger partial charge in [0, 0.05) is 0 Å². The van der Waals surface area contributed by atoms with Gasteiger partial charge in [-0.3, -0.25) is 24.0 Å². The van der Waals surface area contributed by atoms with Crippen LogP contribution in [0.2, 0.25) is 0 Å². The number of phenolic OH excluding ortho intramolecular Hbond substituents is 1. The number of carbonyl (C=O) groups excluding carboxylic acids is 4. The number of carboxylic acid groups (broad SMARTS) is 1. The van der Waals surface area contributed by atoms with Crippen LogP contribution in [0.5, 0.6) is 5.75 Å². The van der Waals surface area contributed by atoms with Gasteiger partial charge in [0.05, 0.1) is 12.5 Å². The Bertz CT molecular complexity index is 857. The summed E-state index contributed by atoms with van der Waals surface area (Å²) in [5, 5.41) is 25.0. The number of amides is 4. The van der Waals surface area contributed by atoms with E-state index in [4.69, 9.17) is 16.6 Å². The Morgan fingerprint density at radius 3 is 2.03 bits per heavy atom. The lowest BCUT2D eigenvalue weighted by Gasteiger charge is -2.24. The zero-order chi connectivity index (χ0) is 25.1. The normalized spacial score (nSPS) is 13.5. The van der Waals surface area contributed by atoms with E-state index in [1.165, 1.54) is 12.1 Å². The van der Waals surface area contributed by atoms with Crippen molar-refractivity contribution in [3.63, 3.8) is 0 Å². The molecular weight excluding hydrogens is 434 g/mol. The first-order valence-electron chi connectivity index (χ1n) is 10.3. The molecule has 0 saturated carbocycles. The second-order valence-electron chi connectivity index (χ2n) is 8.01. The largest absolute Gasteiger partial charge is 0.508 e. The lowest BCUT2D eigenvalue weighted by atomic mass is 10.0. The van der Waals surface area contributed by atoms with Crippen LogP contribution < -0.4 is 27.4 Å². The van der Waals surface area contributed by atoms with E-state index >= 15 is 0 Å². The number of phenols is 1. The van der Waals surface area contributed by atoms with Crippen LogP contribution in [0.4, 0.5) is 0 Å². The fourth-order valence-electron chi connectivity index (χ4n) is 2.93. The van der Waals surface area contributed by atoms with Crippen molar-refractivity contribution in [2.75, 3.05) is 6.54 Å². The first-order chi connectivity index (χ1) is 15.4. The van der Waals surface area contributed by atoms with Crippen molar-refractivity contribution in [2.45, 2.75) is 51.2 Å². The topological polar surface area (TPSA) is 214 Å². The van der Waals surface area contributed by atoms with Crippen molar-refractivity contribution in [3.05, 3.63) is 29.8 Å². The van der Waals surface area contributed by atoms with Crippen molar-refractivity contribution in [2.24, 2.45) is 17.4 Å². The molecule has 1 rings (SSSR count). The van der Waals surface area contributed by atoms with Gasteiger partial charge in [-0.2, -0.15) is 0 Å². The zero-order valence-electron chi connectivity index (χ0n) is 18.5. The van der Waals surface area contributed by atoms with Crippen LogP contribution in [0.3, 0.4) is 0 Å². The quantitative estimate of drug-likeness (QED) is 0.179. The fourth-order valence-corrected chi connectivity index (χ4v) is 2.93. The molecule has 0 fully saturated rings. The molecule has 1 aromatic rings. The van der Waals surface area contributed by atoms with E-state index in [-0.39, 0.29) is 24.5 Å². The Morgan fingerprint density at radius 1 is 0.939 bits per heavy atom. The second-order valence-corrected chi connectivity index (χ2v) is 8.01. The first kappa shape index (κ1) is 27.4.